The van der Waals surface area contributed by atoms with Crippen LogP contribution in [0.1, 0.15) is 384 Å². The molecule has 0 aromatic heterocycles. The minimum absolute atomic E-state index is 0.00143. The van der Waals surface area contributed by atoms with Crippen LogP contribution in [0.25, 0.3) is 0 Å². The Labute approximate surface area is 701 Å². The van der Waals surface area contributed by atoms with Crippen molar-refractivity contribution in [2.45, 2.75) is 521 Å². The highest BCUT2D eigenvalue weighted by Crippen LogP contribution is 2.32. The van der Waals surface area contributed by atoms with Gasteiger partial charge in [0.1, 0.15) is 0 Å². The molecule has 8 aliphatic heterocycles. The van der Waals surface area contributed by atoms with Crippen molar-refractivity contribution >= 4 is 0 Å². The molecule has 8 heterocycles. The summed E-state index contributed by atoms with van der Waals surface area (Å²) in [4.78, 5) is 20.3. The van der Waals surface area contributed by atoms with E-state index in [2.05, 4.69) is 393 Å². The van der Waals surface area contributed by atoms with Crippen LogP contribution in [0, 0.1) is 0 Å². The highest BCUT2D eigenvalue weighted by atomic mass is 16.5. The summed E-state index contributed by atoms with van der Waals surface area (Å²) < 4.78 is 23.9. The quantitative estimate of drug-likeness (QED) is 0.185. The lowest BCUT2D eigenvalue weighted by Crippen LogP contribution is -2.47. The van der Waals surface area contributed by atoms with Crippen molar-refractivity contribution in [3.63, 3.8) is 0 Å². The van der Waals surface area contributed by atoms with E-state index in [1.165, 1.54) is 130 Å². The molecule has 672 valence electrons. The Bertz CT molecular complexity index is 2020. The summed E-state index contributed by atoms with van der Waals surface area (Å²) in [5, 5.41) is 14.7. The molecule has 0 bridgehead atoms. The lowest BCUT2D eigenvalue weighted by atomic mass is 10.1. The van der Waals surface area contributed by atoms with Gasteiger partial charge in [-0.1, -0.05) is 0 Å². The second kappa shape index (κ2) is 42.9. The highest BCUT2D eigenvalue weighted by molar-refractivity contribution is 4.97. The van der Waals surface area contributed by atoms with E-state index in [0.29, 0.717) is 70.7 Å². The van der Waals surface area contributed by atoms with Gasteiger partial charge in [-0.15, -0.1) is 0 Å². The van der Waals surface area contributed by atoms with Crippen molar-refractivity contribution in [2.75, 3.05) is 105 Å². The van der Waals surface area contributed by atoms with E-state index in [9.17, 15) is 0 Å². The van der Waals surface area contributed by atoms with E-state index >= 15 is 0 Å². The third-order valence-electron chi connectivity index (χ3n) is 21.6. The molecular weight excluding hydrogens is 1390 g/mol. The molecule has 8 saturated heterocycles. The number of likely N-dealkylation sites (tertiary alicyclic amines) is 8. The van der Waals surface area contributed by atoms with Gasteiger partial charge in [-0.2, -0.15) is 0 Å². The molecule has 0 aromatic carbocycles. The van der Waals surface area contributed by atoms with Crippen LogP contribution in [-0.2, 0) is 18.9 Å². The fourth-order valence-corrected chi connectivity index (χ4v) is 16.1. The molecular formula is C96H204N12O4. The Morgan fingerprint density at radius 1 is 0.170 bits per heavy atom. The third kappa shape index (κ3) is 50.6. The molecule has 0 radical (unpaired) electrons. The Morgan fingerprint density at radius 3 is 0.375 bits per heavy atom. The van der Waals surface area contributed by atoms with Crippen molar-refractivity contribution < 1.29 is 18.9 Å². The average molecular weight is 1590 g/mol. The lowest BCUT2D eigenvalue weighted by Gasteiger charge is -2.32. The summed E-state index contributed by atoms with van der Waals surface area (Å²) >= 11 is 0. The van der Waals surface area contributed by atoms with Gasteiger partial charge in [0.2, 0.25) is 0 Å². The zero-order chi connectivity index (χ0) is 87.9. The van der Waals surface area contributed by atoms with Crippen LogP contribution < -0.4 is 21.3 Å². The molecule has 8 rings (SSSR count). The summed E-state index contributed by atoms with van der Waals surface area (Å²) in [7, 11) is 0. The van der Waals surface area contributed by atoms with Gasteiger partial charge >= 0.3 is 0 Å². The van der Waals surface area contributed by atoms with Gasteiger partial charge in [-0.3, -0.25) is 39.2 Å². The first-order chi connectivity index (χ1) is 49.5. The average Bonchev–Trinajstić information content (AvgIpc) is 1.76. The molecule has 0 aromatic rings. The first-order valence-electron chi connectivity index (χ1n) is 45.3. The Morgan fingerprint density at radius 2 is 0.286 bits per heavy atom. The molecule has 8 aliphatic rings. The molecule has 4 N–H and O–H groups in total. The predicted octanol–water partition coefficient (Wildman–Crippen LogP) is 19.7. The minimum Gasteiger partial charge on any atom is -0.371 e. The molecule has 112 heavy (non-hydrogen) atoms. The monoisotopic (exact) mass is 1590 g/mol. The SMILES string of the molecule is CC(C)(C)N[C@@H]1CCN(C(C)(C)C)C1.CC(C)(C)N[C@@H]1CCN(C(C)(C)C)C1.CC(C)(C)N[C@H]1CCN(C(C)(C)C)C1.CC(C)(C)N[C@H]1CCN(C(C)(C)C)C1.CC(C)(C)O[C@@H]1CCN(C(C)(C)C)C1.CC(C)(C)O[C@@H]1CCN(C(C)(C)C)C1.CC(C)(C)O[C@H]1CCN(C(C)(C)C)C1.CC(C)(C)O[C@H]1CCN(C(C)(C)C)C1. The van der Waals surface area contributed by atoms with Crippen LogP contribution in [-0.4, -0.2) is 281 Å². The molecule has 8 fully saturated rings. The number of rotatable bonds is 8. The van der Waals surface area contributed by atoms with Gasteiger partial charge in [0, 0.05) is 195 Å². The third-order valence-corrected chi connectivity index (χ3v) is 21.6. The zero-order valence-electron chi connectivity index (χ0n) is 84.8. The van der Waals surface area contributed by atoms with Gasteiger partial charge in [-0.25, -0.2) is 0 Å². The van der Waals surface area contributed by atoms with Crippen LogP contribution in [0.2, 0.25) is 0 Å². The standard InChI is InChI=1S/4C12H26N2.4C12H25NO/c4*1-11(2,3)13-10-7-8-14(9-10)12(4,5)6;4*1-11(2,3)13-8-7-10(9-13)14-12(4,5)6/h4*10,13H,7-9H2,1-6H3;4*10H,7-9H2,1-6H3/t8*10-/m11001100/s1. The molecule has 0 unspecified atom stereocenters. The molecule has 0 aliphatic carbocycles. The van der Waals surface area contributed by atoms with Crippen LogP contribution in [0.5, 0.6) is 0 Å². The van der Waals surface area contributed by atoms with Crippen LogP contribution in [0.3, 0.4) is 0 Å². The van der Waals surface area contributed by atoms with Crippen LogP contribution in [0.4, 0.5) is 0 Å². The first kappa shape index (κ1) is 109. The zero-order valence-corrected chi connectivity index (χ0v) is 84.8. The topological polar surface area (TPSA) is 111 Å². The Balaban J connectivity index is 0.000000640. The van der Waals surface area contributed by atoms with Crippen molar-refractivity contribution in [3.05, 3.63) is 0 Å². The summed E-state index contributed by atoms with van der Waals surface area (Å²) in [5.74, 6) is 0. The smallest absolute Gasteiger partial charge is 0.0721 e. The fourth-order valence-electron chi connectivity index (χ4n) is 16.1. The summed E-state index contributed by atoms with van der Waals surface area (Å²) in [6.45, 7) is 126. The maximum atomic E-state index is 5.98. The fraction of sp³-hybridized carbons (Fsp3) is 1.00. The molecule has 8 atom stereocenters. The Hall–Kier alpha value is -0.640. The molecule has 0 spiro atoms. The summed E-state index contributed by atoms with van der Waals surface area (Å²) in [5.41, 5.74) is 3.45. The number of nitrogens with one attached hydrogen (secondary N) is 4. The second-order valence-electron chi connectivity index (χ2n) is 51.0. The van der Waals surface area contributed by atoms with Crippen molar-refractivity contribution in [3.8, 4) is 0 Å². The van der Waals surface area contributed by atoms with Crippen molar-refractivity contribution in [1.29, 1.82) is 0 Å². The largest absolute Gasteiger partial charge is 0.371 e. The van der Waals surface area contributed by atoms with E-state index in [0.717, 1.165) is 26.2 Å². The van der Waals surface area contributed by atoms with E-state index in [1.54, 1.807) is 0 Å². The maximum absolute atomic E-state index is 5.98. The van der Waals surface area contributed by atoms with Gasteiger partial charge in [0.25, 0.3) is 0 Å². The highest BCUT2D eigenvalue weighted by Gasteiger charge is 2.40. The van der Waals surface area contributed by atoms with Gasteiger partial charge in [0.05, 0.1) is 46.8 Å². The molecule has 16 nitrogen and oxygen atoms in total. The van der Waals surface area contributed by atoms with Gasteiger partial charge in [0.15, 0.2) is 0 Å². The molecule has 0 amide bonds. The number of nitrogens with zero attached hydrogens (tertiary/aromatic N) is 8. The maximum Gasteiger partial charge on any atom is 0.0721 e. The predicted molar refractivity (Wildman–Crippen MR) is 493 cm³/mol. The number of hydrogen-bond donors (Lipinski definition) is 4. The van der Waals surface area contributed by atoms with Gasteiger partial charge < -0.3 is 40.2 Å². The lowest BCUT2D eigenvalue weighted by molar-refractivity contribution is -0.0571. The Kier molecular flexibility index (Phi) is 41.9. The van der Waals surface area contributed by atoms with E-state index in [4.69, 9.17) is 18.9 Å². The van der Waals surface area contributed by atoms with Crippen LogP contribution >= 0.6 is 0 Å². The molecule has 16 heteroatoms. The number of hydrogen-bond acceptors (Lipinski definition) is 16. The van der Waals surface area contributed by atoms with Crippen LogP contribution in [0.15, 0.2) is 0 Å². The minimum atomic E-state index is -0.00143. The summed E-state index contributed by atoms with van der Waals surface area (Å²) in [6, 6.07) is 2.70. The molecule has 0 saturated carbocycles. The number of ether oxygens (including phenoxy) is 4. The van der Waals surface area contributed by atoms with Gasteiger partial charge in [-0.05, 0) is 384 Å². The first-order valence-corrected chi connectivity index (χ1v) is 45.3. The second-order valence-corrected chi connectivity index (χ2v) is 51.0. The summed E-state index contributed by atoms with van der Waals surface area (Å²) in [6.07, 6.45) is 11.5. The van der Waals surface area contributed by atoms with E-state index in [-0.39, 0.29) is 66.7 Å². The van der Waals surface area contributed by atoms with E-state index in [1.807, 2.05) is 0 Å². The normalized spacial score (nSPS) is 25.7. The van der Waals surface area contributed by atoms with E-state index < -0.39 is 0 Å². The van der Waals surface area contributed by atoms with Crippen molar-refractivity contribution in [1.82, 2.24) is 60.5 Å². The van der Waals surface area contributed by atoms with Crippen molar-refractivity contribution in [2.24, 2.45) is 0 Å².